The number of anilines is 1. The van der Waals surface area contributed by atoms with Crippen molar-refractivity contribution in [2.45, 2.75) is 19.4 Å². The van der Waals surface area contributed by atoms with Gasteiger partial charge in [-0.15, -0.1) is 0 Å². The number of nitrogens with zero attached hydrogens (tertiary/aromatic N) is 3. The van der Waals surface area contributed by atoms with E-state index in [2.05, 4.69) is 4.90 Å². The van der Waals surface area contributed by atoms with E-state index in [1.54, 1.807) is 40.1 Å². The van der Waals surface area contributed by atoms with Gasteiger partial charge >= 0.3 is 0 Å². The zero-order chi connectivity index (χ0) is 21.3. The molecule has 0 N–H and O–H groups in total. The van der Waals surface area contributed by atoms with Crippen LogP contribution in [0.2, 0.25) is 10.0 Å². The van der Waals surface area contributed by atoms with Crippen LogP contribution >= 0.6 is 23.2 Å². The quantitative estimate of drug-likeness (QED) is 0.701. The van der Waals surface area contributed by atoms with Gasteiger partial charge in [-0.25, -0.2) is 4.39 Å². The maximum absolute atomic E-state index is 14.1. The summed E-state index contributed by atoms with van der Waals surface area (Å²) in [7, 11) is 0. The van der Waals surface area contributed by atoms with E-state index in [1.807, 2.05) is 0 Å². The fourth-order valence-electron chi connectivity index (χ4n) is 4.00. The first-order valence-corrected chi connectivity index (χ1v) is 10.7. The average Bonchev–Trinajstić information content (AvgIpc) is 3.16. The molecule has 30 heavy (non-hydrogen) atoms. The molecule has 2 amide bonds. The molecule has 0 unspecified atom stereocenters. The molecular weight excluding hydrogens is 428 g/mol. The van der Waals surface area contributed by atoms with E-state index in [0.29, 0.717) is 72.5 Å². The fraction of sp³-hybridized carbons (Fsp3) is 0.364. The molecule has 0 aliphatic carbocycles. The van der Waals surface area contributed by atoms with Crippen molar-refractivity contribution in [1.82, 2.24) is 9.80 Å². The number of hydrogen-bond donors (Lipinski definition) is 0. The number of carbonyl (C=O) groups is 2. The molecule has 4 rings (SSSR count). The third kappa shape index (κ3) is 4.31. The van der Waals surface area contributed by atoms with Gasteiger partial charge in [-0.05, 0) is 36.8 Å². The Morgan fingerprint density at radius 3 is 2.47 bits per heavy atom. The van der Waals surface area contributed by atoms with E-state index < -0.39 is 0 Å². The summed E-state index contributed by atoms with van der Waals surface area (Å²) in [4.78, 5) is 30.9. The van der Waals surface area contributed by atoms with Gasteiger partial charge in [0.1, 0.15) is 5.82 Å². The third-order valence-corrected chi connectivity index (χ3v) is 6.25. The number of benzene rings is 2. The number of halogens is 3. The van der Waals surface area contributed by atoms with E-state index in [-0.39, 0.29) is 17.6 Å². The van der Waals surface area contributed by atoms with Crippen LogP contribution in [0.1, 0.15) is 28.8 Å². The second kappa shape index (κ2) is 8.92. The summed E-state index contributed by atoms with van der Waals surface area (Å²) >= 11 is 12.3. The second-order valence-electron chi connectivity index (χ2n) is 7.58. The van der Waals surface area contributed by atoms with E-state index in [4.69, 9.17) is 23.2 Å². The molecule has 2 saturated heterocycles. The van der Waals surface area contributed by atoms with Crippen LogP contribution in [0.15, 0.2) is 36.4 Å². The third-order valence-electron chi connectivity index (χ3n) is 5.66. The lowest BCUT2D eigenvalue weighted by molar-refractivity contribution is -0.117. The summed E-state index contributed by atoms with van der Waals surface area (Å²) in [5.74, 6) is -0.426. The van der Waals surface area contributed by atoms with E-state index in [0.717, 1.165) is 6.42 Å². The first-order valence-electron chi connectivity index (χ1n) is 9.98. The Hall–Kier alpha value is -2.15. The summed E-state index contributed by atoms with van der Waals surface area (Å²) in [5.41, 5.74) is 1.54. The highest BCUT2D eigenvalue weighted by atomic mass is 35.5. The average molecular weight is 450 g/mol. The Kier molecular flexibility index (Phi) is 6.27. The number of amides is 2. The highest BCUT2D eigenvalue weighted by Gasteiger charge is 2.29. The van der Waals surface area contributed by atoms with Crippen molar-refractivity contribution in [2.24, 2.45) is 0 Å². The van der Waals surface area contributed by atoms with Crippen molar-refractivity contribution in [3.05, 3.63) is 63.4 Å². The lowest BCUT2D eigenvalue weighted by Gasteiger charge is -2.35. The van der Waals surface area contributed by atoms with Crippen LogP contribution in [0.5, 0.6) is 0 Å². The molecule has 5 nitrogen and oxygen atoms in total. The normalized spacial score (nSPS) is 17.6. The molecule has 2 fully saturated rings. The Bertz CT molecular complexity index is 957. The summed E-state index contributed by atoms with van der Waals surface area (Å²) in [5, 5.41) is 0.905. The molecule has 2 aliphatic rings. The smallest absolute Gasteiger partial charge is 0.256 e. The van der Waals surface area contributed by atoms with Gasteiger partial charge in [0.25, 0.3) is 5.91 Å². The first kappa shape index (κ1) is 21.1. The fourth-order valence-corrected chi connectivity index (χ4v) is 4.39. The topological polar surface area (TPSA) is 43.9 Å². The number of piperazine rings is 1. The summed E-state index contributed by atoms with van der Waals surface area (Å²) in [6, 6.07) is 9.73. The molecule has 8 heteroatoms. The second-order valence-corrected chi connectivity index (χ2v) is 8.42. The molecule has 0 aromatic heterocycles. The molecule has 2 aliphatic heterocycles. The highest BCUT2D eigenvalue weighted by Crippen LogP contribution is 2.30. The molecule has 2 aromatic rings. The monoisotopic (exact) mass is 449 g/mol. The first-order chi connectivity index (χ1) is 14.4. The Labute approximate surface area is 185 Å². The zero-order valence-electron chi connectivity index (χ0n) is 16.4. The SMILES string of the molecule is O=C(c1ccc(Cl)cc1N1CCCC1=O)N1CCN(Cc2c(F)cccc2Cl)CC1. The molecule has 0 saturated carbocycles. The van der Waals surface area contributed by atoms with Crippen LogP contribution in [0.3, 0.4) is 0 Å². The van der Waals surface area contributed by atoms with Gasteiger partial charge in [-0.2, -0.15) is 0 Å². The van der Waals surface area contributed by atoms with Crippen molar-refractivity contribution in [2.75, 3.05) is 37.6 Å². The van der Waals surface area contributed by atoms with Crippen molar-refractivity contribution < 1.29 is 14.0 Å². The van der Waals surface area contributed by atoms with Gasteiger partial charge in [0, 0.05) is 61.3 Å². The molecule has 2 heterocycles. The number of carbonyl (C=O) groups excluding carboxylic acids is 2. The standard InChI is InChI=1S/C22H22Cl2FN3O2/c23-15-6-7-16(20(13-15)28-8-2-5-21(28)29)22(30)27-11-9-26(10-12-27)14-17-18(24)3-1-4-19(17)25/h1,3-4,6-7,13H,2,5,8-12,14H2. The molecule has 0 radical (unpaired) electrons. The predicted molar refractivity (Wildman–Crippen MR) is 116 cm³/mol. The van der Waals surface area contributed by atoms with Gasteiger partial charge in [-0.1, -0.05) is 29.3 Å². The van der Waals surface area contributed by atoms with E-state index >= 15 is 0 Å². The maximum atomic E-state index is 14.1. The molecule has 158 valence electrons. The van der Waals surface area contributed by atoms with Crippen molar-refractivity contribution in [3.8, 4) is 0 Å². The van der Waals surface area contributed by atoms with Crippen LogP contribution in [0.25, 0.3) is 0 Å². The molecular formula is C22H22Cl2FN3O2. The minimum absolute atomic E-state index is 0.0119. The molecule has 0 atom stereocenters. The van der Waals surface area contributed by atoms with Crippen LogP contribution < -0.4 is 4.90 Å². The largest absolute Gasteiger partial charge is 0.336 e. The predicted octanol–water partition coefficient (Wildman–Crippen LogP) is 4.22. The van der Waals surface area contributed by atoms with Gasteiger partial charge in [0.2, 0.25) is 5.91 Å². The molecule has 0 spiro atoms. The molecule has 0 bridgehead atoms. The van der Waals surface area contributed by atoms with Crippen molar-refractivity contribution >= 4 is 40.7 Å². The van der Waals surface area contributed by atoms with Crippen LogP contribution in [0.4, 0.5) is 10.1 Å². The van der Waals surface area contributed by atoms with Crippen molar-refractivity contribution in [1.29, 1.82) is 0 Å². The Morgan fingerprint density at radius 1 is 1.03 bits per heavy atom. The van der Waals surface area contributed by atoms with Crippen molar-refractivity contribution in [3.63, 3.8) is 0 Å². The minimum Gasteiger partial charge on any atom is -0.336 e. The minimum atomic E-state index is -0.318. The maximum Gasteiger partial charge on any atom is 0.256 e. The van der Waals surface area contributed by atoms with Gasteiger partial charge < -0.3 is 9.80 Å². The van der Waals surface area contributed by atoms with Crippen LogP contribution in [-0.2, 0) is 11.3 Å². The van der Waals surface area contributed by atoms with E-state index in [9.17, 15) is 14.0 Å². The lowest BCUT2D eigenvalue weighted by Crippen LogP contribution is -2.48. The molecule has 2 aromatic carbocycles. The van der Waals surface area contributed by atoms with Crippen LogP contribution in [0, 0.1) is 5.82 Å². The number of hydrogen-bond acceptors (Lipinski definition) is 3. The Morgan fingerprint density at radius 2 is 1.80 bits per heavy atom. The zero-order valence-corrected chi connectivity index (χ0v) is 17.9. The van der Waals surface area contributed by atoms with Gasteiger partial charge in [0.05, 0.1) is 11.3 Å². The summed E-state index contributed by atoms with van der Waals surface area (Å²) < 4.78 is 14.1. The van der Waals surface area contributed by atoms with E-state index in [1.165, 1.54) is 6.07 Å². The summed E-state index contributed by atoms with van der Waals surface area (Å²) in [6.45, 7) is 3.25. The highest BCUT2D eigenvalue weighted by molar-refractivity contribution is 6.31. The Balaban J connectivity index is 1.46. The van der Waals surface area contributed by atoms with Crippen LogP contribution in [-0.4, -0.2) is 54.3 Å². The lowest BCUT2D eigenvalue weighted by atomic mass is 10.1. The van der Waals surface area contributed by atoms with Gasteiger partial charge in [-0.3, -0.25) is 14.5 Å². The van der Waals surface area contributed by atoms with Gasteiger partial charge in [0.15, 0.2) is 0 Å². The summed E-state index contributed by atoms with van der Waals surface area (Å²) in [6.07, 6.45) is 1.26. The number of rotatable bonds is 4.